The standard InChI is InChI=1S/C28H50O2/c1-19(2)20-10-11-21-24(20,3)14-16-27(6)22-12-13-28(7,30)23(9-8-18-29)25(22,4)15-17-26(21,27)5/h19-23,29-30H,8-18H2,1-7H3/t20-,21-,22+,23+,24-,25+,26+,27+,28+/m0/s1. The Balaban J connectivity index is 1.71. The van der Waals surface area contributed by atoms with Gasteiger partial charge < -0.3 is 10.2 Å². The van der Waals surface area contributed by atoms with Crippen LogP contribution in [0.1, 0.15) is 113 Å². The van der Waals surface area contributed by atoms with Gasteiger partial charge in [-0.05, 0) is 122 Å². The summed E-state index contributed by atoms with van der Waals surface area (Å²) < 4.78 is 0. The fourth-order valence-corrected chi connectivity index (χ4v) is 10.8. The summed E-state index contributed by atoms with van der Waals surface area (Å²) in [7, 11) is 0. The van der Waals surface area contributed by atoms with Gasteiger partial charge >= 0.3 is 0 Å². The molecule has 0 amide bonds. The molecule has 0 aromatic heterocycles. The molecule has 4 aliphatic rings. The van der Waals surface area contributed by atoms with Crippen molar-refractivity contribution in [2.75, 3.05) is 6.61 Å². The molecule has 2 nitrogen and oxygen atoms in total. The molecule has 4 saturated carbocycles. The molecule has 0 spiro atoms. The van der Waals surface area contributed by atoms with E-state index >= 15 is 0 Å². The molecule has 0 aliphatic heterocycles. The van der Waals surface area contributed by atoms with E-state index in [1.807, 2.05) is 0 Å². The van der Waals surface area contributed by atoms with Crippen LogP contribution in [0.2, 0.25) is 0 Å². The van der Waals surface area contributed by atoms with Crippen LogP contribution in [0.5, 0.6) is 0 Å². The number of aliphatic hydroxyl groups is 2. The molecule has 174 valence electrons. The molecule has 9 atom stereocenters. The van der Waals surface area contributed by atoms with Crippen LogP contribution in [-0.2, 0) is 0 Å². The molecule has 0 bridgehead atoms. The first kappa shape index (κ1) is 23.1. The normalized spacial score (nSPS) is 55.8. The lowest BCUT2D eigenvalue weighted by Crippen LogP contribution is -2.66. The molecule has 0 heterocycles. The highest BCUT2D eigenvalue weighted by molar-refractivity contribution is 5.19. The summed E-state index contributed by atoms with van der Waals surface area (Å²) in [4.78, 5) is 0. The highest BCUT2D eigenvalue weighted by Crippen LogP contribution is 2.77. The average Bonchev–Trinajstić information content (AvgIpc) is 3.01. The average molecular weight is 419 g/mol. The summed E-state index contributed by atoms with van der Waals surface area (Å²) in [5.41, 5.74) is 0.952. The Morgan fingerprint density at radius 2 is 1.33 bits per heavy atom. The Morgan fingerprint density at radius 3 is 1.90 bits per heavy atom. The summed E-state index contributed by atoms with van der Waals surface area (Å²) in [6.45, 7) is 17.8. The lowest BCUT2D eigenvalue weighted by Gasteiger charge is -2.72. The van der Waals surface area contributed by atoms with Crippen LogP contribution in [0.3, 0.4) is 0 Å². The van der Waals surface area contributed by atoms with Gasteiger partial charge in [0.25, 0.3) is 0 Å². The lowest BCUT2D eigenvalue weighted by atomic mass is 9.33. The van der Waals surface area contributed by atoms with E-state index in [1.165, 1.54) is 44.9 Å². The van der Waals surface area contributed by atoms with Crippen molar-refractivity contribution in [3.05, 3.63) is 0 Å². The fraction of sp³-hybridized carbons (Fsp3) is 1.00. The SMILES string of the molecule is CC(C)[C@@H]1CC[C@H]2[C@@]1(C)CC[C@]1(C)[C@@H]3CC[C@@](C)(O)[C@H](CCCO)[C@]3(C)CC[C@]21C. The lowest BCUT2D eigenvalue weighted by molar-refractivity contribution is -0.248. The molecule has 0 radical (unpaired) electrons. The van der Waals surface area contributed by atoms with Crippen LogP contribution < -0.4 is 0 Å². The summed E-state index contributed by atoms with van der Waals surface area (Å²) in [5, 5.41) is 21.0. The second-order valence-corrected chi connectivity index (χ2v) is 13.7. The minimum Gasteiger partial charge on any atom is -0.396 e. The van der Waals surface area contributed by atoms with Crippen LogP contribution in [0.15, 0.2) is 0 Å². The number of hydrogen-bond donors (Lipinski definition) is 2. The van der Waals surface area contributed by atoms with Crippen LogP contribution in [0.25, 0.3) is 0 Å². The molecule has 2 N–H and O–H groups in total. The maximum Gasteiger partial charge on any atom is 0.0653 e. The topological polar surface area (TPSA) is 40.5 Å². The second-order valence-electron chi connectivity index (χ2n) is 13.7. The largest absolute Gasteiger partial charge is 0.396 e. The van der Waals surface area contributed by atoms with Gasteiger partial charge in [-0.15, -0.1) is 0 Å². The van der Waals surface area contributed by atoms with Crippen molar-refractivity contribution in [3.63, 3.8) is 0 Å². The number of fused-ring (bicyclic) bond motifs is 5. The summed E-state index contributed by atoms with van der Waals surface area (Å²) in [6, 6.07) is 0. The zero-order valence-electron chi connectivity index (χ0n) is 21.1. The number of aliphatic hydroxyl groups excluding tert-OH is 1. The van der Waals surface area contributed by atoms with Gasteiger partial charge in [0.1, 0.15) is 0 Å². The summed E-state index contributed by atoms with van der Waals surface area (Å²) >= 11 is 0. The first-order chi connectivity index (χ1) is 13.9. The molecular formula is C28H50O2. The number of hydrogen-bond acceptors (Lipinski definition) is 2. The molecule has 4 fully saturated rings. The summed E-state index contributed by atoms with van der Waals surface area (Å²) in [6.07, 6.45) is 12.1. The van der Waals surface area contributed by atoms with E-state index in [9.17, 15) is 10.2 Å². The third-order valence-electron chi connectivity index (χ3n) is 12.4. The Hall–Kier alpha value is -0.0800. The Kier molecular flexibility index (Phi) is 5.55. The van der Waals surface area contributed by atoms with Crippen molar-refractivity contribution in [2.24, 2.45) is 51.2 Å². The molecule has 30 heavy (non-hydrogen) atoms. The van der Waals surface area contributed by atoms with Gasteiger partial charge in [0.05, 0.1) is 5.60 Å². The zero-order chi connectivity index (χ0) is 22.2. The van der Waals surface area contributed by atoms with E-state index in [0.29, 0.717) is 28.1 Å². The van der Waals surface area contributed by atoms with E-state index in [1.54, 1.807) is 0 Å². The predicted molar refractivity (Wildman–Crippen MR) is 125 cm³/mol. The minimum atomic E-state index is -0.580. The number of rotatable bonds is 4. The molecule has 2 heteroatoms. The van der Waals surface area contributed by atoms with E-state index in [4.69, 9.17) is 0 Å². The second kappa shape index (κ2) is 7.21. The van der Waals surface area contributed by atoms with Gasteiger partial charge in [0.15, 0.2) is 0 Å². The van der Waals surface area contributed by atoms with E-state index in [2.05, 4.69) is 48.5 Å². The molecule has 4 aliphatic carbocycles. The minimum absolute atomic E-state index is 0.203. The molecule has 0 unspecified atom stereocenters. The van der Waals surface area contributed by atoms with Gasteiger partial charge in [0.2, 0.25) is 0 Å². The fourth-order valence-electron chi connectivity index (χ4n) is 10.8. The zero-order valence-corrected chi connectivity index (χ0v) is 21.1. The maximum absolute atomic E-state index is 11.4. The highest BCUT2D eigenvalue weighted by atomic mass is 16.3. The summed E-state index contributed by atoms with van der Waals surface area (Å²) in [5.74, 6) is 3.57. The first-order valence-corrected chi connectivity index (χ1v) is 13.2. The van der Waals surface area contributed by atoms with Crippen LogP contribution in [-0.4, -0.2) is 22.4 Å². The van der Waals surface area contributed by atoms with E-state index in [-0.39, 0.29) is 12.0 Å². The van der Waals surface area contributed by atoms with E-state index in [0.717, 1.165) is 37.0 Å². The quantitative estimate of drug-likeness (QED) is 0.525. The highest BCUT2D eigenvalue weighted by Gasteiger charge is 2.70. The third kappa shape index (κ3) is 2.87. The third-order valence-corrected chi connectivity index (χ3v) is 12.4. The van der Waals surface area contributed by atoms with Crippen LogP contribution >= 0.6 is 0 Å². The first-order valence-electron chi connectivity index (χ1n) is 13.2. The van der Waals surface area contributed by atoms with Gasteiger partial charge in [-0.1, -0.05) is 41.5 Å². The molecule has 0 aromatic rings. The van der Waals surface area contributed by atoms with Crippen molar-refractivity contribution in [3.8, 4) is 0 Å². The van der Waals surface area contributed by atoms with Gasteiger partial charge in [0, 0.05) is 6.61 Å². The van der Waals surface area contributed by atoms with Gasteiger partial charge in [-0.25, -0.2) is 0 Å². The van der Waals surface area contributed by atoms with Crippen molar-refractivity contribution in [1.82, 2.24) is 0 Å². The Labute approximate surface area is 186 Å². The predicted octanol–water partition coefficient (Wildman–Crippen LogP) is 6.83. The van der Waals surface area contributed by atoms with E-state index < -0.39 is 5.60 Å². The van der Waals surface area contributed by atoms with Crippen molar-refractivity contribution in [1.29, 1.82) is 0 Å². The van der Waals surface area contributed by atoms with Gasteiger partial charge in [-0.3, -0.25) is 0 Å². The smallest absolute Gasteiger partial charge is 0.0653 e. The molecule has 0 saturated heterocycles. The van der Waals surface area contributed by atoms with Crippen molar-refractivity contribution in [2.45, 2.75) is 118 Å². The van der Waals surface area contributed by atoms with Crippen LogP contribution in [0, 0.1) is 51.2 Å². The van der Waals surface area contributed by atoms with Crippen molar-refractivity contribution < 1.29 is 10.2 Å². The van der Waals surface area contributed by atoms with Crippen molar-refractivity contribution >= 4 is 0 Å². The molecular weight excluding hydrogens is 368 g/mol. The Bertz CT molecular complexity index is 655. The Morgan fingerprint density at radius 1 is 0.767 bits per heavy atom. The van der Waals surface area contributed by atoms with Gasteiger partial charge in [-0.2, -0.15) is 0 Å². The maximum atomic E-state index is 11.4. The molecule has 4 rings (SSSR count). The molecule has 0 aromatic carbocycles. The van der Waals surface area contributed by atoms with Crippen LogP contribution in [0.4, 0.5) is 0 Å². The monoisotopic (exact) mass is 418 g/mol.